The summed E-state index contributed by atoms with van der Waals surface area (Å²) in [6.07, 6.45) is 11.5. The highest BCUT2D eigenvalue weighted by atomic mass is 16.3. The Labute approximate surface area is 165 Å². The Kier molecular flexibility index (Phi) is 12.8. The molecule has 3 N–H and O–H groups in total. The van der Waals surface area contributed by atoms with Gasteiger partial charge in [-0.3, -0.25) is 4.79 Å². The van der Waals surface area contributed by atoms with Crippen LogP contribution in [-0.2, 0) is 6.42 Å². The van der Waals surface area contributed by atoms with Crippen LogP contribution in [0.1, 0.15) is 94.0 Å². The van der Waals surface area contributed by atoms with Crippen molar-refractivity contribution in [3.63, 3.8) is 0 Å². The Bertz CT molecular complexity index is 501. The summed E-state index contributed by atoms with van der Waals surface area (Å²) in [6, 6.07) is 7.06. The predicted molar refractivity (Wildman–Crippen MR) is 112 cm³/mol. The Morgan fingerprint density at radius 3 is 2.11 bits per heavy atom. The third-order valence-corrected chi connectivity index (χ3v) is 5.12. The summed E-state index contributed by atoms with van der Waals surface area (Å²) in [6.45, 7) is 4.11. The van der Waals surface area contributed by atoms with E-state index in [0.29, 0.717) is 12.0 Å². The van der Waals surface area contributed by atoms with Crippen LogP contribution in [0.4, 0.5) is 0 Å². The van der Waals surface area contributed by atoms with E-state index in [0.717, 1.165) is 32.1 Å². The lowest BCUT2D eigenvalue weighted by Crippen LogP contribution is -2.45. The minimum absolute atomic E-state index is 0.240. The largest absolute Gasteiger partial charge is 0.394 e. The minimum atomic E-state index is -0.710. The summed E-state index contributed by atoms with van der Waals surface area (Å²) in [5.74, 6) is -0.240. The van der Waals surface area contributed by atoms with Crippen LogP contribution in [-0.4, -0.2) is 34.9 Å². The summed E-state index contributed by atoms with van der Waals surface area (Å²) in [5.41, 5.74) is 1.82. The van der Waals surface area contributed by atoms with E-state index in [-0.39, 0.29) is 12.5 Å². The average molecular weight is 378 g/mol. The Morgan fingerprint density at radius 1 is 0.926 bits per heavy atom. The lowest BCUT2D eigenvalue weighted by molar-refractivity contribution is 0.0662. The van der Waals surface area contributed by atoms with Crippen molar-refractivity contribution >= 4 is 5.91 Å². The van der Waals surface area contributed by atoms with Crippen molar-refractivity contribution < 1.29 is 15.0 Å². The van der Waals surface area contributed by atoms with Crippen molar-refractivity contribution in [3.05, 3.63) is 35.4 Å². The van der Waals surface area contributed by atoms with Gasteiger partial charge in [0.15, 0.2) is 0 Å². The fraction of sp³-hybridized carbons (Fsp3) is 0.696. The van der Waals surface area contributed by atoms with Crippen LogP contribution in [0, 0.1) is 0 Å². The van der Waals surface area contributed by atoms with E-state index in [2.05, 4.69) is 19.2 Å². The molecule has 0 aliphatic rings. The molecule has 0 bridgehead atoms. The van der Waals surface area contributed by atoms with Crippen LogP contribution in [0.15, 0.2) is 24.3 Å². The molecule has 0 aromatic heterocycles. The number of rotatable bonds is 15. The maximum absolute atomic E-state index is 12.4. The second-order valence-corrected chi connectivity index (χ2v) is 7.54. The first-order valence-electron chi connectivity index (χ1n) is 10.8. The maximum Gasteiger partial charge on any atom is 0.251 e. The zero-order valence-electron chi connectivity index (χ0n) is 17.3. The Hall–Kier alpha value is -1.39. The molecule has 4 nitrogen and oxygen atoms in total. The monoisotopic (exact) mass is 377 g/mol. The lowest BCUT2D eigenvalue weighted by atomic mass is 10.0. The standard InChI is InChI=1S/C23H39NO3/c1-3-5-7-9-10-12-19-14-16-20(17-15-19)23(27)24-21(18-25)22(26)13-11-8-6-4-2/h14-17,21-22,25-26H,3-13,18H2,1-2H3,(H,24,27)/t21-,22?/m0/s1. The van der Waals surface area contributed by atoms with Gasteiger partial charge >= 0.3 is 0 Å². The molecule has 0 heterocycles. The molecule has 27 heavy (non-hydrogen) atoms. The van der Waals surface area contributed by atoms with Gasteiger partial charge in [-0.25, -0.2) is 0 Å². The van der Waals surface area contributed by atoms with E-state index in [4.69, 9.17) is 0 Å². The minimum Gasteiger partial charge on any atom is -0.394 e. The summed E-state index contributed by atoms with van der Waals surface area (Å²) in [4.78, 5) is 12.4. The second kappa shape index (κ2) is 14.6. The maximum atomic E-state index is 12.4. The van der Waals surface area contributed by atoms with Gasteiger partial charge in [-0.05, 0) is 37.0 Å². The molecule has 0 saturated heterocycles. The topological polar surface area (TPSA) is 69.6 Å². The Morgan fingerprint density at radius 2 is 1.52 bits per heavy atom. The first-order chi connectivity index (χ1) is 13.1. The van der Waals surface area contributed by atoms with Crippen LogP contribution in [0.2, 0.25) is 0 Å². The van der Waals surface area contributed by atoms with Crippen LogP contribution in [0.3, 0.4) is 0 Å². The Balaban J connectivity index is 2.43. The number of carbonyl (C=O) groups is 1. The number of aliphatic hydroxyl groups is 2. The number of benzene rings is 1. The summed E-state index contributed by atoms with van der Waals surface area (Å²) in [7, 11) is 0. The molecule has 0 aliphatic carbocycles. The van der Waals surface area contributed by atoms with E-state index in [1.54, 1.807) is 0 Å². The van der Waals surface area contributed by atoms with Crippen molar-refractivity contribution in [3.8, 4) is 0 Å². The number of hydrogen-bond donors (Lipinski definition) is 3. The van der Waals surface area contributed by atoms with E-state index < -0.39 is 12.1 Å². The van der Waals surface area contributed by atoms with Gasteiger partial charge in [-0.2, -0.15) is 0 Å². The number of aliphatic hydroxyl groups excluding tert-OH is 2. The number of unbranched alkanes of at least 4 members (excludes halogenated alkanes) is 7. The van der Waals surface area contributed by atoms with E-state index in [1.165, 1.54) is 37.7 Å². The van der Waals surface area contributed by atoms with Gasteiger partial charge in [0.25, 0.3) is 5.91 Å². The molecule has 1 amide bonds. The van der Waals surface area contributed by atoms with Crippen LogP contribution >= 0.6 is 0 Å². The quantitative estimate of drug-likeness (QED) is 0.391. The molecule has 1 rings (SSSR count). The molecular weight excluding hydrogens is 338 g/mol. The van der Waals surface area contributed by atoms with Crippen molar-refractivity contribution in [2.45, 2.75) is 96.6 Å². The van der Waals surface area contributed by atoms with Crippen LogP contribution in [0.25, 0.3) is 0 Å². The second-order valence-electron chi connectivity index (χ2n) is 7.54. The predicted octanol–water partition coefficient (Wildman–Crippen LogP) is 4.62. The van der Waals surface area contributed by atoms with Gasteiger partial charge < -0.3 is 15.5 Å². The molecule has 1 unspecified atom stereocenters. The number of nitrogens with one attached hydrogen (secondary N) is 1. The molecular formula is C23H39NO3. The number of aryl methyl sites for hydroxylation is 1. The van der Waals surface area contributed by atoms with Crippen LogP contribution in [0.5, 0.6) is 0 Å². The molecule has 1 aromatic carbocycles. The molecule has 0 saturated carbocycles. The highest BCUT2D eigenvalue weighted by Crippen LogP contribution is 2.12. The van der Waals surface area contributed by atoms with Gasteiger partial charge in [-0.15, -0.1) is 0 Å². The highest BCUT2D eigenvalue weighted by Gasteiger charge is 2.20. The van der Waals surface area contributed by atoms with Gasteiger partial charge in [-0.1, -0.05) is 77.3 Å². The van der Waals surface area contributed by atoms with E-state index >= 15 is 0 Å². The van der Waals surface area contributed by atoms with E-state index in [9.17, 15) is 15.0 Å². The third kappa shape index (κ3) is 9.92. The number of hydrogen-bond acceptors (Lipinski definition) is 3. The molecule has 1 aromatic rings. The highest BCUT2D eigenvalue weighted by molar-refractivity contribution is 5.94. The zero-order chi connectivity index (χ0) is 19.9. The first-order valence-corrected chi connectivity index (χ1v) is 10.8. The van der Waals surface area contributed by atoms with Gasteiger partial charge in [0.1, 0.15) is 0 Å². The summed E-state index contributed by atoms with van der Waals surface area (Å²) in [5, 5.41) is 22.5. The smallest absolute Gasteiger partial charge is 0.251 e. The van der Waals surface area contributed by atoms with Gasteiger partial charge in [0.05, 0.1) is 18.8 Å². The molecule has 0 aliphatic heterocycles. The molecule has 0 radical (unpaired) electrons. The zero-order valence-corrected chi connectivity index (χ0v) is 17.3. The molecule has 4 heteroatoms. The molecule has 154 valence electrons. The van der Waals surface area contributed by atoms with Crippen molar-refractivity contribution in [1.29, 1.82) is 0 Å². The van der Waals surface area contributed by atoms with Crippen LogP contribution < -0.4 is 5.32 Å². The fourth-order valence-corrected chi connectivity index (χ4v) is 3.25. The fourth-order valence-electron chi connectivity index (χ4n) is 3.25. The van der Waals surface area contributed by atoms with E-state index in [1.807, 2.05) is 24.3 Å². The average Bonchev–Trinajstić information content (AvgIpc) is 2.69. The number of amides is 1. The SMILES string of the molecule is CCCCCCCc1ccc(C(=O)N[C@@H](CO)C(O)CCCCCC)cc1. The number of carbonyl (C=O) groups excluding carboxylic acids is 1. The summed E-state index contributed by atoms with van der Waals surface area (Å²) < 4.78 is 0. The molecule has 0 spiro atoms. The van der Waals surface area contributed by atoms with Crippen molar-refractivity contribution in [1.82, 2.24) is 5.32 Å². The normalized spacial score (nSPS) is 13.3. The van der Waals surface area contributed by atoms with Gasteiger partial charge in [0, 0.05) is 5.56 Å². The molecule has 0 fully saturated rings. The van der Waals surface area contributed by atoms with Gasteiger partial charge in [0.2, 0.25) is 0 Å². The third-order valence-electron chi connectivity index (χ3n) is 5.12. The first kappa shape index (κ1) is 23.6. The van der Waals surface area contributed by atoms with Crippen molar-refractivity contribution in [2.75, 3.05) is 6.61 Å². The van der Waals surface area contributed by atoms with Crippen molar-refractivity contribution in [2.24, 2.45) is 0 Å². The summed E-state index contributed by atoms with van der Waals surface area (Å²) >= 11 is 0. The molecule has 2 atom stereocenters. The lowest BCUT2D eigenvalue weighted by Gasteiger charge is -2.22.